The second-order valence-corrected chi connectivity index (χ2v) is 8.13. The van der Waals surface area contributed by atoms with E-state index in [4.69, 9.17) is 21.1 Å². The van der Waals surface area contributed by atoms with E-state index >= 15 is 0 Å². The number of aliphatic imine (C=N–C) groups is 1. The summed E-state index contributed by atoms with van der Waals surface area (Å²) in [7, 11) is -2.22. The molecule has 2 aromatic rings. The number of hydrogen-bond acceptors (Lipinski definition) is 6. The highest BCUT2D eigenvalue weighted by Gasteiger charge is 2.28. The largest absolute Gasteiger partial charge is 0.507 e. The molecule has 144 valence electrons. The number of nitrogens with zero attached hydrogens (tertiary/aromatic N) is 2. The average molecular weight is 411 g/mol. The molecule has 3 rings (SSSR count). The lowest BCUT2D eigenvalue weighted by atomic mass is 10.2. The number of ether oxygens (including phenoxy) is 2. The van der Waals surface area contributed by atoms with Crippen molar-refractivity contribution in [2.24, 2.45) is 4.99 Å². The van der Waals surface area contributed by atoms with E-state index in [0.717, 1.165) is 0 Å². The molecule has 9 heteroatoms. The van der Waals surface area contributed by atoms with Gasteiger partial charge in [0, 0.05) is 24.9 Å². The second kappa shape index (κ2) is 8.26. The Hall–Kier alpha value is -2.13. The summed E-state index contributed by atoms with van der Waals surface area (Å²) in [6.45, 7) is 1.27. The highest BCUT2D eigenvalue weighted by atomic mass is 35.5. The zero-order valence-corrected chi connectivity index (χ0v) is 16.2. The summed E-state index contributed by atoms with van der Waals surface area (Å²) >= 11 is 6.14. The monoisotopic (exact) mass is 410 g/mol. The van der Waals surface area contributed by atoms with Gasteiger partial charge in [-0.2, -0.15) is 4.31 Å². The predicted molar refractivity (Wildman–Crippen MR) is 103 cm³/mol. The van der Waals surface area contributed by atoms with Crippen LogP contribution in [0.4, 0.5) is 5.69 Å². The summed E-state index contributed by atoms with van der Waals surface area (Å²) in [5, 5.41) is 10.1. The van der Waals surface area contributed by atoms with Crippen LogP contribution in [-0.2, 0) is 14.8 Å². The fraction of sp³-hybridized carbons (Fsp3) is 0.278. The molecular formula is C18H19ClN2O5S. The van der Waals surface area contributed by atoms with E-state index in [0.29, 0.717) is 30.2 Å². The van der Waals surface area contributed by atoms with Gasteiger partial charge >= 0.3 is 0 Å². The normalized spacial score (nSPS) is 15.9. The molecule has 0 atom stereocenters. The lowest BCUT2D eigenvalue weighted by Crippen LogP contribution is -2.40. The van der Waals surface area contributed by atoms with Crippen molar-refractivity contribution in [1.29, 1.82) is 0 Å². The minimum Gasteiger partial charge on any atom is -0.507 e. The third-order valence-electron chi connectivity index (χ3n) is 4.09. The topological polar surface area (TPSA) is 88.4 Å². The van der Waals surface area contributed by atoms with E-state index in [1.807, 2.05) is 0 Å². The molecule has 1 aliphatic rings. The molecule has 1 saturated heterocycles. The lowest BCUT2D eigenvalue weighted by molar-refractivity contribution is 0.0730. The van der Waals surface area contributed by atoms with Crippen LogP contribution in [0.5, 0.6) is 11.5 Å². The quantitative estimate of drug-likeness (QED) is 0.765. The Kier molecular flexibility index (Phi) is 6.01. The van der Waals surface area contributed by atoms with E-state index < -0.39 is 10.0 Å². The van der Waals surface area contributed by atoms with E-state index in [2.05, 4.69) is 4.99 Å². The Balaban J connectivity index is 1.91. The number of aromatic hydroxyl groups is 1. The van der Waals surface area contributed by atoms with Crippen molar-refractivity contribution in [3.63, 3.8) is 0 Å². The van der Waals surface area contributed by atoms with Crippen molar-refractivity contribution in [1.82, 2.24) is 4.31 Å². The molecule has 1 heterocycles. The summed E-state index contributed by atoms with van der Waals surface area (Å²) in [6.07, 6.45) is 1.44. The van der Waals surface area contributed by atoms with E-state index in [1.165, 1.54) is 35.8 Å². The Labute approximate surface area is 162 Å². The number of morpholine rings is 1. The molecule has 0 radical (unpaired) electrons. The Morgan fingerprint density at radius 3 is 2.67 bits per heavy atom. The predicted octanol–water partition coefficient (Wildman–Crippen LogP) is 2.83. The third kappa shape index (κ3) is 4.41. The van der Waals surface area contributed by atoms with Crippen molar-refractivity contribution >= 4 is 33.5 Å². The molecule has 27 heavy (non-hydrogen) atoms. The summed E-state index contributed by atoms with van der Waals surface area (Å²) in [6, 6.07) is 9.26. The van der Waals surface area contributed by atoms with Crippen molar-refractivity contribution in [3.8, 4) is 11.5 Å². The van der Waals surface area contributed by atoms with Crippen LogP contribution in [0.3, 0.4) is 0 Å². The number of rotatable bonds is 5. The number of phenols is 1. The van der Waals surface area contributed by atoms with E-state index in [1.54, 1.807) is 18.2 Å². The van der Waals surface area contributed by atoms with Gasteiger partial charge in [0.2, 0.25) is 10.0 Å². The fourth-order valence-corrected chi connectivity index (χ4v) is 4.51. The maximum atomic E-state index is 12.8. The standard InChI is InChI=1S/C18H19ClN2O5S/c1-25-15-3-5-17(22)13(10-15)12-20-14-2-4-16(19)18(11-14)27(23,24)21-6-8-26-9-7-21/h2-5,10-12,22H,6-9H2,1H3. The van der Waals surface area contributed by atoms with Gasteiger partial charge in [0.25, 0.3) is 0 Å². The van der Waals surface area contributed by atoms with Crippen LogP contribution in [0.15, 0.2) is 46.3 Å². The number of benzene rings is 2. The molecule has 0 saturated carbocycles. The third-order valence-corrected chi connectivity index (χ3v) is 6.47. The van der Waals surface area contributed by atoms with Gasteiger partial charge in [0.05, 0.1) is 31.0 Å². The van der Waals surface area contributed by atoms with Crippen molar-refractivity contribution in [2.75, 3.05) is 33.4 Å². The first-order chi connectivity index (χ1) is 12.9. The first-order valence-corrected chi connectivity index (χ1v) is 10.0. The van der Waals surface area contributed by atoms with Crippen LogP contribution >= 0.6 is 11.6 Å². The molecule has 0 bridgehead atoms. The van der Waals surface area contributed by atoms with Gasteiger partial charge in [-0.3, -0.25) is 4.99 Å². The molecular weight excluding hydrogens is 392 g/mol. The first kappa shape index (κ1) is 19.6. The van der Waals surface area contributed by atoms with Gasteiger partial charge in [-0.15, -0.1) is 0 Å². The van der Waals surface area contributed by atoms with E-state index in [9.17, 15) is 13.5 Å². The maximum Gasteiger partial charge on any atom is 0.244 e. The highest BCUT2D eigenvalue weighted by molar-refractivity contribution is 7.89. The summed E-state index contributed by atoms with van der Waals surface area (Å²) in [4.78, 5) is 4.26. The molecule has 0 amide bonds. The van der Waals surface area contributed by atoms with Crippen LogP contribution in [0.25, 0.3) is 0 Å². The average Bonchev–Trinajstić information content (AvgIpc) is 2.69. The van der Waals surface area contributed by atoms with Crippen molar-refractivity contribution < 1.29 is 23.0 Å². The van der Waals surface area contributed by atoms with Crippen LogP contribution < -0.4 is 4.74 Å². The van der Waals surface area contributed by atoms with Crippen LogP contribution in [-0.4, -0.2) is 57.5 Å². The van der Waals surface area contributed by atoms with Crippen molar-refractivity contribution in [2.45, 2.75) is 4.90 Å². The van der Waals surface area contributed by atoms with Gasteiger partial charge < -0.3 is 14.6 Å². The van der Waals surface area contributed by atoms with Gasteiger partial charge in [-0.1, -0.05) is 11.6 Å². The number of methoxy groups -OCH3 is 1. The molecule has 7 nitrogen and oxygen atoms in total. The minimum absolute atomic E-state index is 0.00409. The molecule has 0 unspecified atom stereocenters. The number of halogens is 1. The molecule has 1 aliphatic heterocycles. The fourth-order valence-electron chi connectivity index (χ4n) is 2.60. The van der Waals surface area contributed by atoms with Gasteiger partial charge in [-0.25, -0.2) is 8.42 Å². The smallest absolute Gasteiger partial charge is 0.244 e. The van der Waals surface area contributed by atoms with Gasteiger partial charge in [0.15, 0.2) is 0 Å². The zero-order chi connectivity index (χ0) is 19.4. The number of sulfonamides is 1. The number of phenolic OH excluding ortho intramolecular Hbond substituents is 1. The molecule has 1 N–H and O–H groups in total. The van der Waals surface area contributed by atoms with Gasteiger partial charge in [0.1, 0.15) is 16.4 Å². The van der Waals surface area contributed by atoms with Crippen molar-refractivity contribution in [3.05, 3.63) is 47.0 Å². The Morgan fingerprint density at radius 2 is 1.96 bits per heavy atom. The lowest BCUT2D eigenvalue weighted by Gasteiger charge is -2.26. The van der Waals surface area contributed by atoms with Crippen LogP contribution in [0.2, 0.25) is 5.02 Å². The van der Waals surface area contributed by atoms with E-state index in [-0.39, 0.29) is 28.8 Å². The molecule has 0 aliphatic carbocycles. The molecule has 0 aromatic heterocycles. The summed E-state index contributed by atoms with van der Waals surface area (Å²) in [5.41, 5.74) is 0.843. The maximum absolute atomic E-state index is 12.8. The van der Waals surface area contributed by atoms with Gasteiger partial charge in [-0.05, 0) is 36.4 Å². The minimum atomic E-state index is -3.74. The molecule has 0 spiro atoms. The molecule has 1 fully saturated rings. The first-order valence-electron chi connectivity index (χ1n) is 8.20. The zero-order valence-electron chi connectivity index (χ0n) is 14.6. The highest BCUT2D eigenvalue weighted by Crippen LogP contribution is 2.30. The summed E-state index contributed by atoms with van der Waals surface area (Å²) in [5.74, 6) is 0.607. The Bertz CT molecular complexity index is 956. The van der Waals surface area contributed by atoms with Crippen LogP contribution in [0, 0.1) is 0 Å². The summed E-state index contributed by atoms with van der Waals surface area (Å²) < 4.78 is 37.4. The second-order valence-electron chi connectivity index (χ2n) is 5.81. The number of hydrogen-bond donors (Lipinski definition) is 1. The SMILES string of the molecule is COc1ccc(O)c(C=Nc2ccc(Cl)c(S(=O)(=O)N3CCOCC3)c2)c1. The molecule has 2 aromatic carbocycles. The Morgan fingerprint density at radius 1 is 1.22 bits per heavy atom. The van der Waals surface area contributed by atoms with Crippen LogP contribution in [0.1, 0.15) is 5.56 Å².